The maximum absolute atomic E-state index is 12.4. The van der Waals surface area contributed by atoms with Crippen molar-refractivity contribution >= 4 is 17.5 Å². The Kier molecular flexibility index (Phi) is 4.63. The van der Waals surface area contributed by atoms with Crippen LogP contribution in [0.4, 0.5) is 5.69 Å². The van der Waals surface area contributed by atoms with Crippen LogP contribution in [0.5, 0.6) is 0 Å². The van der Waals surface area contributed by atoms with Gasteiger partial charge in [-0.3, -0.25) is 9.59 Å². The molecule has 0 heterocycles. The van der Waals surface area contributed by atoms with Crippen LogP contribution in [0.25, 0.3) is 0 Å². The van der Waals surface area contributed by atoms with Crippen molar-refractivity contribution in [3.05, 3.63) is 29.8 Å². The van der Waals surface area contributed by atoms with Crippen LogP contribution in [0.2, 0.25) is 0 Å². The van der Waals surface area contributed by atoms with E-state index in [4.69, 9.17) is 0 Å². The summed E-state index contributed by atoms with van der Waals surface area (Å²) in [6.07, 6.45) is 1.25. The number of benzene rings is 1. The van der Waals surface area contributed by atoms with Gasteiger partial charge in [0.25, 0.3) is 0 Å². The Morgan fingerprint density at radius 3 is 2.52 bits per heavy atom. The second-order valence-corrected chi connectivity index (χ2v) is 5.96. The Morgan fingerprint density at radius 1 is 1.24 bits per heavy atom. The Bertz CT molecular complexity index is 536. The molecule has 1 aromatic carbocycles. The number of amides is 2. The zero-order chi connectivity index (χ0) is 15.5. The molecule has 0 atom stereocenters. The van der Waals surface area contributed by atoms with Gasteiger partial charge in [-0.2, -0.15) is 0 Å². The summed E-state index contributed by atoms with van der Waals surface area (Å²) in [6.45, 7) is 3.29. The molecule has 1 saturated carbocycles. The van der Waals surface area contributed by atoms with Gasteiger partial charge in [0.2, 0.25) is 11.8 Å². The summed E-state index contributed by atoms with van der Waals surface area (Å²) < 4.78 is 0. The van der Waals surface area contributed by atoms with E-state index in [1.54, 1.807) is 0 Å². The van der Waals surface area contributed by atoms with Gasteiger partial charge in [-0.05, 0) is 51.6 Å². The van der Waals surface area contributed by atoms with Crippen molar-refractivity contribution in [3.8, 4) is 0 Å². The fourth-order valence-electron chi connectivity index (χ4n) is 2.22. The lowest BCUT2D eigenvalue weighted by Gasteiger charge is -2.17. The van der Waals surface area contributed by atoms with Gasteiger partial charge in [-0.25, -0.2) is 0 Å². The third kappa shape index (κ3) is 3.82. The average Bonchev–Trinajstić information content (AvgIpc) is 3.19. The summed E-state index contributed by atoms with van der Waals surface area (Å²) in [5, 5.41) is 5.71. The fraction of sp³-hybridized carbons (Fsp3) is 0.500. The molecule has 21 heavy (non-hydrogen) atoms. The number of hydrogen-bond acceptors (Lipinski definition) is 3. The van der Waals surface area contributed by atoms with Crippen LogP contribution in [-0.2, 0) is 9.59 Å². The molecule has 0 saturated heterocycles. The Hall–Kier alpha value is -1.88. The van der Waals surface area contributed by atoms with E-state index in [2.05, 4.69) is 10.6 Å². The number of hydrogen-bond donors (Lipinski definition) is 2. The number of rotatable bonds is 6. The van der Waals surface area contributed by atoms with Gasteiger partial charge < -0.3 is 15.5 Å². The molecule has 1 aromatic rings. The zero-order valence-corrected chi connectivity index (χ0v) is 12.9. The lowest BCUT2D eigenvalue weighted by atomic mass is 10.0. The van der Waals surface area contributed by atoms with Crippen molar-refractivity contribution in [3.63, 3.8) is 0 Å². The average molecular weight is 289 g/mol. The molecular formula is C16H23N3O2. The summed E-state index contributed by atoms with van der Waals surface area (Å²) in [7, 11) is 3.90. The molecule has 114 valence electrons. The molecule has 0 bridgehead atoms. The quantitative estimate of drug-likeness (QED) is 0.778. The molecular weight excluding hydrogens is 266 g/mol. The van der Waals surface area contributed by atoms with Crippen LogP contribution in [0.3, 0.4) is 0 Å². The van der Waals surface area contributed by atoms with Gasteiger partial charge in [0, 0.05) is 18.8 Å². The van der Waals surface area contributed by atoms with Gasteiger partial charge >= 0.3 is 0 Å². The summed E-state index contributed by atoms with van der Waals surface area (Å²) in [5.74, 6) is -0.357. The highest BCUT2D eigenvalue weighted by molar-refractivity contribution is 6.13. The van der Waals surface area contributed by atoms with E-state index in [1.165, 1.54) is 0 Å². The predicted molar refractivity (Wildman–Crippen MR) is 83.0 cm³/mol. The topological polar surface area (TPSA) is 61.4 Å². The Labute approximate surface area is 125 Å². The van der Waals surface area contributed by atoms with E-state index in [9.17, 15) is 9.59 Å². The number of nitrogens with one attached hydrogen (secondary N) is 2. The minimum Gasteiger partial charge on any atom is -0.354 e. The molecule has 0 radical (unpaired) electrons. The Balaban J connectivity index is 1.93. The standard InChI is InChI=1S/C16H23N3O2/c1-12-5-4-6-13(11-12)18-15(21)16(7-8-16)14(20)17-9-10-19(2)3/h4-6,11H,7-10H2,1-3H3,(H,17,20)(H,18,21). The lowest BCUT2D eigenvalue weighted by Crippen LogP contribution is -2.42. The summed E-state index contributed by atoms with van der Waals surface area (Å²) in [5.41, 5.74) is 0.955. The third-order valence-corrected chi connectivity index (χ3v) is 3.74. The summed E-state index contributed by atoms with van der Waals surface area (Å²) in [6, 6.07) is 7.60. The molecule has 2 rings (SSSR count). The first kappa shape index (κ1) is 15.5. The molecule has 0 aliphatic heterocycles. The first-order valence-corrected chi connectivity index (χ1v) is 7.25. The van der Waals surface area contributed by atoms with Crippen LogP contribution in [-0.4, -0.2) is 43.9 Å². The second-order valence-electron chi connectivity index (χ2n) is 5.96. The number of likely N-dealkylation sites (N-methyl/N-ethyl adjacent to an activating group) is 1. The molecule has 2 amide bonds. The largest absolute Gasteiger partial charge is 0.354 e. The van der Waals surface area contributed by atoms with Crippen molar-refractivity contribution in [1.29, 1.82) is 0 Å². The molecule has 0 spiro atoms. The molecule has 5 nitrogen and oxygen atoms in total. The van der Waals surface area contributed by atoms with Crippen LogP contribution in [0.15, 0.2) is 24.3 Å². The molecule has 0 aromatic heterocycles. The number of carbonyl (C=O) groups excluding carboxylic acids is 2. The minimum absolute atomic E-state index is 0.158. The van der Waals surface area contributed by atoms with Gasteiger partial charge in [0.05, 0.1) is 0 Å². The van der Waals surface area contributed by atoms with E-state index in [0.29, 0.717) is 19.4 Å². The smallest absolute Gasteiger partial charge is 0.240 e. The van der Waals surface area contributed by atoms with Crippen LogP contribution < -0.4 is 10.6 Å². The number of nitrogens with zero attached hydrogens (tertiary/aromatic N) is 1. The SMILES string of the molecule is Cc1cccc(NC(=O)C2(C(=O)NCCN(C)C)CC2)c1. The number of anilines is 1. The van der Waals surface area contributed by atoms with Crippen molar-refractivity contribution < 1.29 is 9.59 Å². The predicted octanol–water partition coefficient (Wildman–Crippen LogP) is 1.39. The highest BCUT2D eigenvalue weighted by Crippen LogP contribution is 2.46. The van der Waals surface area contributed by atoms with Crippen molar-refractivity contribution in [2.75, 3.05) is 32.5 Å². The van der Waals surface area contributed by atoms with Crippen LogP contribution >= 0.6 is 0 Å². The van der Waals surface area contributed by atoms with Crippen LogP contribution in [0.1, 0.15) is 18.4 Å². The highest BCUT2D eigenvalue weighted by Gasteiger charge is 2.56. The molecule has 2 N–H and O–H groups in total. The van der Waals surface area contributed by atoms with E-state index in [-0.39, 0.29) is 11.8 Å². The van der Waals surface area contributed by atoms with E-state index < -0.39 is 5.41 Å². The van der Waals surface area contributed by atoms with Crippen LogP contribution in [0, 0.1) is 12.3 Å². The molecule has 0 unspecified atom stereocenters. The molecule has 5 heteroatoms. The first-order chi connectivity index (χ1) is 9.94. The highest BCUT2D eigenvalue weighted by atomic mass is 16.2. The third-order valence-electron chi connectivity index (χ3n) is 3.74. The summed E-state index contributed by atoms with van der Waals surface area (Å²) in [4.78, 5) is 26.6. The number of carbonyl (C=O) groups is 2. The monoisotopic (exact) mass is 289 g/mol. The first-order valence-electron chi connectivity index (χ1n) is 7.25. The maximum atomic E-state index is 12.4. The van der Waals surface area contributed by atoms with E-state index >= 15 is 0 Å². The lowest BCUT2D eigenvalue weighted by molar-refractivity contribution is -0.134. The zero-order valence-electron chi connectivity index (χ0n) is 12.9. The van der Waals surface area contributed by atoms with Crippen molar-refractivity contribution in [1.82, 2.24) is 10.2 Å². The van der Waals surface area contributed by atoms with Gasteiger partial charge in [0.1, 0.15) is 5.41 Å². The Morgan fingerprint density at radius 2 is 1.95 bits per heavy atom. The second kappa shape index (κ2) is 6.26. The maximum Gasteiger partial charge on any atom is 0.240 e. The molecule has 1 fully saturated rings. The minimum atomic E-state index is -0.865. The van der Waals surface area contributed by atoms with Crippen molar-refractivity contribution in [2.45, 2.75) is 19.8 Å². The van der Waals surface area contributed by atoms with Crippen molar-refractivity contribution in [2.24, 2.45) is 5.41 Å². The molecule has 1 aliphatic rings. The molecule has 1 aliphatic carbocycles. The van der Waals surface area contributed by atoms with Gasteiger partial charge in [0.15, 0.2) is 0 Å². The summed E-state index contributed by atoms with van der Waals surface area (Å²) >= 11 is 0. The van der Waals surface area contributed by atoms with Gasteiger partial charge in [-0.1, -0.05) is 12.1 Å². The van der Waals surface area contributed by atoms with E-state index in [0.717, 1.165) is 17.8 Å². The normalized spacial score (nSPS) is 15.6. The van der Waals surface area contributed by atoms with Gasteiger partial charge in [-0.15, -0.1) is 0 Å². The number of aryl methyl sites for hydroxylation is 1. The van der Waals surface area contributed by atoms with E-state index in [1.807, 2.05) is 50.2 Å². The fourth-order valence-corrected chi connectivity index (χ4v) is 2.22.